The number of primary amides is 1. The van der Waals surface area contributed by atoms with Gasteiger partial charge in [0.1, 0.15) is 40.7 Å². The van der Waals surface area contributed by atoms with E-state index in [0.29, 0.717) is 40.9 Å². The summed E-state index contributed by atoms with van der Waals surface area (Å²) in [5.41, 5.74) is 5.90. The fourth-order valence-electron chi connectivity index (χ4n) is 5.46. The SMILES string of the molecule is COc1ccc2c(O[C@@H]3C[C@@H](C(N)=O)N(C(=O)[C@H](CNC(=O)C4(C#N)CC4)NC(=O)OC(C)(C)C)C3)cc(-c3ccccc3)nc2c1. The Morgan fingerprint density at radius 2 is 1.85 bits per heavy atom. The van der Waals surface area contributed by atoms with Crippen LogP contribution in [0.2, 0.25) is 0 Å². The van der Waals surface area contributed by atoms with Crippen molar-refractivity contribution >= 4 is 34.7 Å². The maximum absolute atomic E-state index is 14.0. The Kier molecular flexibility index (Phi) is 9.24. The van der Waals surface area contributed by atoms with E-state index in [1.54, 1.807) is 46.1 Å². The van der Waals surface area contributed by atoms with Gasteiger partial charge in [0.15, 0.2) is 0 Å². The Bertz CT molecular complexity index is 1730. The summed E-state index contributed by atoms with van der Waals surface area (Å²) in [7, 11) is 1.57. The van der Waals surface area contributed by atoms with E-state index in [4.69, 9.17) is 24.9 Å². The maximum atomic E-state index is 14.0. The molecule has 0 spiro atoms. The minimum absolute atomic E-state index is 0.0321. The van der Waals surface area contributed by atoms with Crippen LogP contribution < -0.4 is 25.8 Å². The maximum Gasteiger partial charge on any atom is 0.408 e. The predicted octanol–water partition coefficient (Wildman–Crippen LogP) is 3.06. The first-order chi connectivity index (χ1) is 22.3. The van der Waals surface area contributed by atoms with E-state index in [9.17, 15) is 24.4 Å². The second-order valence-electron chi connectivity index (χ2n) is 12.7. The molecule has 4 N–H and O–H groups in total. The number of nitriles is 1. The third-order valence-electron chi connectivity index (χ3n) is 8.07. The van der Waals surface area contributed by atoms with Crippen molar-refractivity contribution in [3.63, 3.8) is 0 Å². The Balaban J connectivity index is 1.41. The summed E-state index contributed by atoms with van der Waals surface area (Å²) in [5.74, 6) is -0.845. The zero-order valence-corrected chi connectivity index (χ0v) is 26.7. The number of rotatable bonds is 10. The van der Waals surface area contributed by atoms with Gasteiger partial charge in [0, 0.05) is 36.0 Å². The quantitative estimate of drug-likeness (QED) is 0.299. The normalized spacial score (nSPS) is 18.8. The summed E-state index contributed by atoms with van der Waals surface area (Å²) in [6.07, 6.45) is -0.639. The average molecular weight is 643 g/mol. The van der Waals surface area contributed by atoms with Gasteiger partial charge < -0.3 is 35.5 Å². The molecular weight excluding hydrogens is 604 g/mol. The van der Waals surface area contributed by atoms with Crippen molar-refractivity contribution in [2.24, 2.45) is 11.1 Å². The lowest BCUT2D eigenvalue weighted by atomic mass is 10.1. The highest BCUT2D eigenvalue weighted by molar-refractivity contribution is 5.93. The van der Waals surface area contributed by atoms with Gasteiger partial charge in [-0.1, -0.05) is 30.3 Å². The predicted molar refractivity (Wildman–Crippen MR) is 171 cm³/mol. The number of likely N-dealkylation sites (tertiary alicyclic amines) is 1. The molecule has 1 aromatic heterocycles. The number of alkyl carbamates (subject to hydrolysis) is 1. The van der Waals surface area contributed by atoms with E-state index in [0.717, 1.165) is 5.56 Å². The molecule has 1 aliphatic heterocycles. The van der Waals surface area contributed by atoms with E-state index in [2.05, 4.69) is 10.6 Å². The number of fused-ring (bicyclic) bond motifs is 1. The highest BCUT2D eigenvalue weighted by Crippen LogP contribution is 2.45. The molecule has 1 aliphatic carbocycles. The number of aromatic nitrogens is 1. The first kappa shape index (κ1) is 33.0. The standard InChI is InChI=1S/C34H38N6O7/c1-33(2,3)47-32(44)39-26(17-37-31(43)34(19-35)12-13-34)30(42)40-18-22(15-27(40)29(36)41)46-28-16-24(20-8-6-5-7-9-20)38-25-14-21(45-4)10-11-23(25)28/h5-11,14,16,22,26-27H,12-13,15,17-18H2,1-4H3,(H2,36,41)(H,37,43)(H,39,44)/t22-,26+,27+/m1/s1. The fourth-order valence-corrected chi connectivity index (χ4v) is 5.46. The van der Waals surface area contributed by atoms with Crippen molar-refractivity contribution in [3.8, 4) is 28.8 Å². The molecule has 47 heavy (non-hydrogen) atoms. The number of ether oxygens (including phenoxy) is 3. The molecule has 2 heterocycles. The summed E-state index contributed by atoms with van der Waals surface area (Å²) < 4.78 is 17.2. The number of nitrogens with one attached hydrogen (secondary N) is 2. The van der Waals surface area contributed by atoms with Gasteiger partial charge >= 0.3 is 6.09 Å². The van der Waals surface area contributed by atoms with Crippen LogP contribution in [0.5, 0.6) is 11.5 Å². The van der Waals surface area contributed by atoms with Gasteiger partial charge in [-0.05, 0) is 45.7 Å². The topological polar surface area (TPSA) is 186 Å². The summed E-state index contributed by atoms with van der Waals surface area (Å²) in [6, 6.07) is 16.4. The summed E-state index contributed by atoms with van der Waals surface area (Å²) >= 11 is 0. The lowest BCUT2D eigenvalue weighted by Crippen LogP contribution is -2.57. The van der Waals surface area contributed by atoms with Crippen LogP contribution in [0.3, 0.4) is 0 Å². The fraction of sp³-hybridized carbons (Fsp3) is 0.412. The molecule has 4 amide bonds. The van der Waals surface area contributed by atoms with E-state index in [-0.39, 0.29) is 19.5 Å². The van der Waals surface area contributed by atoms with Crippen LogP contribution in [0.15, 0.2) is 54.6 Å². The molecule has 0 bridgehead atoms. The Morgan fingerprint density at radius 3 is 2.47 bits per heavy atom. The molecular formula is C34H38N6O7. The molecule has 3 atom stereocenters. The number of nitrogens with two attached hydrogens (primary N) is 1. The lowest BCUT2D eigenvalue weighted by molar-refractivity contribution is -0.139. The van der Waals surface area contributed by atoms with Crippen molar-refractivity contribution < 1.29 is 33.4 Å². The Labute approximate surface area is 272 Å². The van der Waals surface area contributed by atoms with E-state index in [1.807, 2.05) is 42.5 Å². The summed E-state index contributed by atoms with van der Waals surface area (Å²) in [6.45, 7) is 4.65. The number of benzene rings is 2. The van der Waals surface area contributed by atoms with Crippen molar-refractivity contribution in [3.05, 3.63) is 54.6 Å². The third-order valence-corrected chi connectivity index (χ3v) is 8.07. The first-order valence-corrected chi connectivity index (χ1v) is 15.3. The van der Waals surface area contributed by atoms with Crippen molar-refractivity contribution in [2.45, 2.75) is 63.8 Å². The van der Waals surface area contributed by atoms with Crippen molar-refractivity contribution in [1.29, 1.82) is 5.26 Å². The molecule has 3 aromatic rings. The molecule has 246 valence electrons. The number of carbonyl (C=O) groups is 4. The van der Waals surface area contributed by atoms with Gasteiger partial charge in [-0.25, -0.2) is 9.78 Å². The van der Waals surface area contributed by atoms with E-state index >= 15 is 0 Å². The second-order valence-corrected chi connectivity index (χ2v) is 12.7. The molecule has 1 saturated carbocycles. The van der Waals surface area contributed by atoms with Crippen molar-refractivity contribution in [2.75, 3.05) is 20.2 Å². The van der Waals surface area contributed by atoms with Gasteiger partial charge in [-0.15, -0.1) is 0 Å². The van der Waals surface area contributed by atoms with Crippen LogP contribution in [0.4, 0.5) is 4.79 Å². The van der Waals surface area contributed by atoms with Crippen LogP contribution in [0.1, 0.15) is 40.0 Å². The van der Waals surface area contributed by atoms with Crippen LogP contribution in [0, 0.1) is 16.7 Å². The minimum Gasteiger partial charge on any atom is -0.497 e. The molecule has 0 radical (unpaired) electrons. The number of carbonyl (C=O) groups excluding carboxylic acids is 4. The zero-order valence-electron chi connectivity index (χ0n) is 26.7. The van der Waals surface area contributed by atoms with Crippen LogP contribution in [-0.4, -0.2) is 77.7 Å². The third kappa shape index (κ3) is 7.54. The van der Waals surface area contributed by atoms with E-state index in [1.165, 1.54) is 4.90 Å². The highest BCUT2D eigenvalue weighted by Gasteiger charge is 2.51. The molecule has 1 saturated heterocycles. The Morgan fingerprint density at radius 1 is 1.13 bits per heavy atom. The van der Waals surface area contributed by atoms with Gasteiger partial charge in [0.25, 0.3) is 0 Å². The summed E-state index contributed by atoms with van der Waals surface area (Å²) in [5, 5.41) is 15.2. The molecule has 2 aromatic carbocycles. The minimum atomic E-state index is -1.32. The van der Waals surface area contributed by atoms with Gasteiger partial charge in [-0.2, -0.15) is 5.26 Å². The van der Waals surface area contributed by atoms with Crippen LogP contribution in [0.25, 0.3) is 22.2 Å². The molecule has 5 rings (SSSR count). The number of hydrogen-bond acceptors (Lipinski definition) is 9. The monoisotopic (exact) mass is 642 g/mol. The van der Waals surface area contributed by atoms with Gasteiger partial charge in [0.2, 0.25) is 17.7 Å². The van der Waals surface area contributed by atoms with Gasteiger partial charge in [0.05, 0.1) is 30.9 Å². The number of hydrogen-bond donors (Lipinski definition) is 3. The lowest BCUT2D eigenvalue weighted by Gasteiger charge is -2.29. The molecule has 2 aliphatic rings. The number of nitrogens with zero attached hydrogens (tertiary/aromatic N) is 3. The van der Waals surface area contributed by atoms with Crippen molar-refractivity contribution in [1.82, 2.24) is 20.5 Å². The molecule has 0 unspecified atom stereocenters. The van der Waals surface area contributed by atoms with E-state index < -0.39 is 53.0 Å². The Hall–Kier alpha value is -5.38. The molecule has 13 nitrogen and oxygen atoms in total. The smallest absolute Gasteiger partial charge is 0.408 e. The summed E-state index contributed by atoms with van der Waals surface area (Å²) in [4.78, 5) is 58.1. The second kappa shape index (κ2) is 13.2. The average Bonchev–Trinajstić information content (AvgIpc) is 3.73. The molecule has 2 fully saturated rings. The first-order valence-electron chi connectivity index (χ1n) is 15.3. The van der Waals surface area contributed by atoms with Crippen LogP contribution >= 0.6 is 0 Å². The van der Waals surface area contributed by atoms with Gasteiger partial charge in [-0.3, -0.25) is 14.4 Å². The number of amides is 4. The zero-order chi connectivity index (χ0) is 33.9. The number of pyridine rings is 1. The molecule has 13 heteroatoms. The van der Waals surface area contributed by atoms with Crippen LogP contribution in [-0.2, 0) is 19.1 Å². The number of methoxy groups -OCH3 is 1. The largest absolute Gasteiger partial charge is 0.497 e. The highest BCUT2D eigenvalue weighted by atomic mass is 16.6.